The number of benzene rings is 2. The van der Waals surface area contributed by atoms with E-state index < -0.39 is 28.0 Å². The lowest BCUT2D eigenvalue weighted by Gasteiger charge is -2.42. The van der Waals surface area contributed by atoms with E-state index in [0.29, 0.717) is 38.4 Å². The Bertz CT molecular complexity index is 1710. The van der Waals surface area contributed by atoms with Gasteiger partial charge in [-0.2, -0.15) is 5.26 Å². The van der Waals surface area contributed by atoms with Gasteiger partial charge in [-0.15, -0.1) is 10.2 Å². The van der Waals surface area contributed by atoms with Crippen LogP contribution in [-0.2, 0) is 9.59 Å². The summed E-state index contributed by atoms with van der Waals surface area (Å²) in [4.78, 5) is 38.1. The number of non-ortho nitro benzene ring substituents is 1. The molecule has 1 aromatic heterocycles. The number of rotatable bonds is 7. The third-order valence-corrected chi connectivity index (χ3v) is 8.88. The maximum absolute atomic E-state index is 13.7. The molecule has 1 atom stereocenters. The van der Waals surface area contributed by atoms with E-state index in [1.807, 2.05) is 13.8 Å². The number of nitro benzene ring substituents is 1. The van der Waals surface area contributed by atoms with Crippen LogP contribution in [0.15, 0.2) is 75.5 Å². The van der Waals surface area contributed by atoms with E-state index in [1.54, 1.807) is 23.1 Å². The van der Waals surface area contributed by atoms with Crippen molar-refractivity contribution in [3.05, 3.63) is 92.7 Å². The van der Waals surface area contributed by atoms with Crippen molar-refractivity contribution in [3.63, 3.8) is 0 Å². The molecular weight excluding hydrogens is 581 g/mol. The molecule has 0 fully saturated rings. The van der Waals surface area contributed by atoms with Gasteiger partial charge >= 0.3 is 0 Å². The fourth-order valence-electron chi connectivity index (χ4n) is 5.09. The fraction of sp³-hybridized carbons (Fsp3) is 0.250. The molecule has 5 rings (SSSR count). The molecular formula is C28H24FN7O4S2. The predicted octanol–water partition coefficient (Wildman–Crippen LogP) is 5.26. The number of carbonyl (C=O) groups is 2. The van der Waals surface area contributed by atoms with E-state index >= 15 is 0 Å². The molecule has 2 heterocycles. The van der Waals surface area contributed by atoms with Crippen LogP contribution in [0.1, 0.15) is 38.2 Å². The van der Waals surface area contributed by atoms with Crippen LogP contribution in [0.3, 0.4) is 0 Å². The number of hydrogen-bond donors (Lipinski definition) is 2. The number of ketones is 1. The number of nitriles is 1. The second kappa shape index (κ2) is 11.3. The zero-order valence-electron chi connectivity index (χ0n) is 22.5. The van der Waals surface area contributed by atoms with Crippen LogP contribution in [0.4, 0.5) is 20.9 Å². The summed E-state index contributed by atoms with van der Waals surface area (Å²) in [6.07, 6.45) is 0.742. The molecule has 11 nitrogen and oxygen atoms in total. The number of anilines is 2. The summed E-state index contributed by atoms with van der Waals surface area (Å²) in [5.41, 5.74) is 8.13. The zero-order chi connectivity index (χ0) is 30.2. The number of nitrogens with zero attached hydrogens (tertiary/aromatic N) is 5. The lowest BCUT2D eigenvalue weighted by molar-refractivity contribution is -0.384. The maximum Gasteiger partial charge on any atom is 0.271 e. The Hall–Kier alpha value is -4.61. The van der Waals surface area contributed by atoms with Gasteiger partial charge in [0.2, 0.25) is 11.0 Å². The molecule has 0 saturated carbocycles. The quantitative estimate of drug-likeness (QED) is 0.206. The van der Waals surface area contributed by atoms with Crippen LogP contribution in [0.25, 0.3) is 0 Å². The molecule has 3 aromatic rings. The van der Waals surface area contributed by atoms with Crippen LogP contribution >= 0.6 is 23.1 Å². The van der Waals surface area contributed by atoms with Gasteiger partial charge in [0.25, 0.3) is 5.69 Å². The van der Waals surface area contributed by atoms with Crippen molar-refractivity contribution >= 4 is 51.3 Å². The molecule has 0 saturated heterocycles. The van der Waals surface area contributed by atoms with E-state index in [9.17, 15) is 29.4 Å². The summed E-state index contributed by atoms with van der Waals surface area (Å²) in [6.45, 7) is 3.95. The molecule has 0 spiro atoms. The molecule has 3 N–H and O–H groups in total. The number of nitrogens with two attached hydrogens (primary N) is 1. The standard InChI is InChI=1S/C28H24FN7O4S2/c1-28(2)11-20-24(21(37)12-28)23(15-6-8-16(29)9-7-15)19(13-30)25(31)35(20)26-33-34-27(42-26)41-14-22(38)32-17-4-3-5-18(10-17)36(39)40/h3-10,23H,11-12,14,31H2,1-2H3,(H,32,38). The first-order valence-electron chi connectivity index (χ1n) is 12.7. The number of amides is 1. The normalized spacial score (nSPS) is 18.0. The van der Waals surface area contributed by atoms with Gasteiger partial charge in [0.15, 0.2) is 10.1 Å². The first-order valence-corrected chi connectivity index (χ1v) is 14.5. The molecule has 0 bridgehead atoms. The van der Waals surface area contributed by atoms with Gasteiger partial charge in [-0.1, -0.05) is 55.1 Å². The number of allylic oxidation sites excluding steroid dienone is 3. The molecule has 214 valence electrons. The number of Topliss-reactive ketones (excluding diaryl/α,β-unsaturated/α-hetero) is 1. The number of halogens is 1. The monoisotopic (exact) mass is 605 g/mol. The van der Waals surface area contributed by atoms with Gasteiger partial charge in [0.05, 0.1) is 28.2 Å². The van der Waals surface area contributed by atoms with Crippen LogP contribution in [-0.4, -0.2) is 32.6 Å². The molecule has 1 aliphatic heterocycles. The van der Waals surface area contributed by atoms with Gasteiger partial charge < -0.3 is 11.1 Å². The Balaban J connectivity index is 1.43. The van der Waals surface area contributed by atoms with Gasteiger partial charge in [0.1, 0.15) is 11.6 Å². The molecule has 1 aliphatic carbocycles. The topological polar surface area (TPSA) is 168 Å². The zero-order valence-corrected chi connectivity index (χ0v) is 24.1. The van der Waals surface area contributed by atoms with E-state index in [0.717, 1.165) is 23.1 Å². The second-order valence-corrected chi connectivity index (χ2v) is 12.7. The predicted molar refractivity (Wildman–Crippen MR) is 156 cm³/mol. The van der Waals surface area contributed by atoms with E-state index in [-0.39, 0.29) is 35.0 Å². The third kappa shape index (κ3) is 5.74. The molecule has 0 radical (unpaired) electrons. The van der Waals surface area contributed by atoms with Crippen molar-refractivity contribution in [2.45, 2.75) is 36.9 Å². The molecule has 42 heavy (non-hydrogen) atoms. The lowest BCUT2D eigenvalue weighted by Crippen LogP contribution is -2.42. The van der Waals surface area contributed by atoms with E-state index in [1.165, 1.54) is 30.3 Å². The van der Waals surface area contributed by atoms with Crippen LogP contribution in [0.5, 0.6) is 0 Å². The van der Waals surface area contributed by atoms with Gasteiger partial charge in [-0.05, 0) is 35.6 Å². The summed E-state index contributed by atoms with van der Waals surface area (Å²) in [5.74, 6) is -1.64. The number of carbonyl (C=O) groups excluding carboxylic acids is 2. The minimum absolute atomic E-state index is 0.0435. The van der Waals surface area contributed by atoms with Crippen molar-refractivity contribution in [3.8, 4) is 6.07 Å². The largest absolute Gasteiger partial charge is 0.384 e. The van der Waals surface area contributed by atoms with Gasteiger partial charge in [0, 0.05) is 35.5 Å². The van der Waals surface area contributed by atoms with Crippen molar-refractivity contribution in [2.75, 3.05) is 16.0 Å². The average molecular weight is 606 g/mol. The molecule has 1 amide bonds. The van der Waals surface area contributed by atoms with Gasteiger partial charge in [-0.3, -0.25) is 24.6 Å². The second-order valence-electron chi connectivity index (χ2n) is 10.5. The third-order valence-electron chi connectivity index (χ3n) is 6.84. The number of hydrogen-bond acceptors (Lipinski definition) is 11. The number of thioether (sulfide) groups is 1. The van der Waals surface area contributed by atoms with Crippen molar-refractivity contribution in [1.82, 2.24) is 10.2 Å². The summed E-state index contributed by atoms with van der Waals surface area (Å²) < 4.78 is 14.2. The molecule has 2 aliphatic rings. The number of nitro groups is 1. The highest BCUT2D eigenvalue weighted by Crippen LogP contribution is 2.50. The fourth-order valence-corrected chi connectivity index (χ4v) is 6.77. The molecule has 2 aromatic carbocycles. The van der Waals surface area contributed by atoms with Crippen LogP contribution < -0.4 is 16.0 Å². The smallest absolute Gasteiger partial charge is 0.271 e. The number of nitrogens with one attached hydrogen (secondary N) is 1. The first kappa shape index (κ1) is 28.9. The Morgan fingerprint density at radius 1 is 1.29 bits per heavy atom. The van der Waals surface area contributed by atoms with Crippen LogP contribution in [0.2, 0.25) is 0 Å². The highest BCUT2D eigenvalue weighted by molar-refractivity contribution is 8.01. The molecule has 14 heteroatoms. The average Bonchev–Trinajstić information content (AvgIpc) is 3.39. The maximum atomic E-state index is 13.7. The summed E-state index contributed by atoms with van der Waals surface area (Å²) in [5, 5.41) is 32.6. The van der Waals surface area contributed by atoms with Crippen molar-refractivity contribution in [2.24, 2.45) is 11.1 Å². The Labute approximate surface area is 248 Å². The summed E-state index contributed by atoms with van der Waals surface area (Å²) >= 11 is 2.26. The minimum atomic E-state index is -0.746. The van der Waals surface area contributed by atoms with E-state index in [2.05, 4.69) is 21.6 Å². The van der Waals surface area contributed by atoms with E-state index in [4.69, 9.17) is 5.73 Å². The first-order chi connectivity index (χ1) is 20.0. The number of aromatic nitrogens is 2. The van der Waals surface area contributed by atoms with Crippen molar-refractivity contribution in [1.29, 1.82) is 5.26 Å². The highest BCUT2D eigenvalue weighted by atomic mass is 32.2. The minimum Gasteiger partial charge on any atom is -0.384 e. The highest BCUT2D eigenvalue weighted by Gasteiger charge is 2.45. The Morgan fingerprint density at radius 2 is 2.02 bits per heavy atom. The van der Waals surface area contributed by atoms with Crippen LogP contribution in [0, 0.1) is 32.7 Å². The lowest BCUT2D eigenvalue weighted by atomic mass is 9.69. The van der Waals surface area contributed by atoms with Crippen molar-refractivity contribution < 1.29 is 18.9 Å². The summed E-state index contributed by atoms with van der Waals surface area (Å²) in [7, 11) is 0. The molecule has 1 unspecified atom stereocenters. The Kier molecular flexibility index (Phi) is 7.81. The SMILES string of the molecule is CC1(C)CC(=O)C2=C(C1)N(c1nnc(SCC(=O)Nc3cccc([N+](=O)[O-])c3)s1)C(N)=C(C#N)C2c1ccc(F)cc1. The summed E-state index contributed by atoms with van der Waals surface area (Å²) in [6, 6.07) is 13.5. The Morgan fingerprint density at radius 3 is 2.71 bits per heavy atom. The van der Waals surface area contributed by atoms with Gasteiger partial charge in [-0.25, -0.2) is 4.39 Å².